The average Bonchev–Trinajstić information content (AvgIpc) is 2.51. The molecule has 0 heterocycles. The molecule has 0 aromatic rings. The molecule has 1 spiro atoms. The van der Waals surface area contributed by atoms with Crippen LogP contribution in [0, 0.1) is 51.8 Å². The number of hydrogen-bond donors (Lipinski definition) is 0. The third-order valence-corrected chi connectivity index (χ3v) is 9.60. The molecule has 0 N–H and O–H groups in total. The number of rotatable bonds is 0. The lowest BCUT2D eigenvalue weighted by atomic mass is 9.34. The van der Waals surface area contributed by atoms with E-state index in [2.05, 4.69) is 41.5 Å². The molecule has 5 saturated carbocycles. The first-order valence-electron chi connectivity index (χ1n) is 7.82. The fourth-order valence-electron chi connectivity index (χ4n) is 7.96. The van der Waals surface area contributed by atoms with Gasteiger partial charge in [-0.15, -0.1) is 0 Å². The van der Waals surface area contributed by atoms with E-state index < -0.39 is 0 Å². The first-order chi connectivity index (χ1) is 7.82. The second kappa shape index (κ2) is 2.49. The van der Waals surface area contributed by atoms with Crippen molar-refractivity contribution >= 4 is 0 Å². The van der Waals surface area contributed by atoms with Gasteiger partial charge < -0.3 is 0 Å². The van der Waals surface area contributed by atoms with Crippen LogP contribution in [0.1, 0.15) is 54.4 Å². The summed E-state index contributed by atoms with van der Waals surface area (Å²) in [5, 5.41) is 0. The Balaban J connectivity index is 1.95. The second-order valence-electron chi connectivity index (χ2n) is 8.56. The van der Waals surface area contributed by atoms with E-state index in [1.54, 1.807) is 12.8 Å². The Morgan fingerprint density at radius 1 is 0.765 bits per heavy atom. The van der Waals surface area contributed by atoms with Crippen LogP contribution in [-0.2, 0) is 0 Å². The van der Waals surface area contributed by atoms with Crippen LogP contribution in [0.15, 0.2) is 0 Å². The molecule has 0 nitrogen and oxygen atoms in total. The molecule has 17 heavy (non-hydrogen) atoms. The van der Waals surface area contributed by atoms with Crippen molar-refractivity contribution in [1.82, 2.24) is 0 Å². The van der Waals surface area contributed by atoms with Crippen LogP contribution in [0.25, 0.3) is 0 Å². The summed E-state index contributed by atoms with van der Waals surface area (Å²) in [7, 11) is 0. The Kier molecular flexibility index (Phi) is 1.60. The SMILES string of the molecule is CC1C2CC13CC1C(C)C(C)(C2C)C1(C)C3C. The van der Waals surface area contributed by atoms with Crippen molar-refractivity contribution in [3.05, 3.63) is 0 Å². The Labute approximate surface area is 107 Å². The maximum atomic E-state index is 2.65. The minimum absolute atomic E-state index is 0.630. The molecule has 5 aliphatic rings. The minimum atomic E-state index is 0.630. The van der Waals surface area contributed by atoms with Crippen molar-refractivity contribution in [3.8, 4) is 0 Å². The Morgan fingerprint density at radius 3 is 2.00 bits per heavy atom. The topological polar surface area (TPSA) is 0 Å². The van der Waals surface area contributed by atoms with Gasteiger partial charge >= 0.3 is 0 Å². The van der Waals surface area contributed by atoms with Gasteiger partial charge in [-0.2, -0.15) is 0 Å². The summed E-state index contributed by atoms with van der Waals surface area (Å²) < 4.78 is 0. The summed E-state index contributed by atoms with van der Waals surface area (Å²) in [6.45, 7) is 15.6. The van der Waals surface area contributed by atoms with E-state index in [0.717, 1.165) is 40.9 Å². The van der Waals surface area contributed by atoms with E-state index in [1.165, 1.54) is 0 Å². The molecule has 5 rings (SSSR count). The molecule has 5 aliphatic carbocycles. The maximum absolute atomic E-state index is 2.65. The summed E-state index contributed by atoms with van der Waals surface area (Å²) in [6, 6.07) is 0. The van der Waals surface area contributed by atoms with Gasteiger partial charge in [0.05, 0.1) is 0 Å². The first kappa shape index (κ1) is 10.9. The molecular weight excluding hydrogens is 204 g/mol. The molecule has 5 fully saturated rings. The fourth-order valence-corrected chi connectivity index (χ4v) is 7.96. The van der Waals surface area contributed by atoms with Crippen molar-refractivity contribution in [3.63, 3.8) is 0 Å². The lowest BCUT2D eigenvalue weighted by Gasteiger charge is -2.70. The van der Waals surface area contributed by atoms with Crippen LogP contribution in [-0.4, -0.2) is 0 Å². The molecule has 0 heteroatoms. The van der Waals surface area contributed by atoms with Gasteiger partial charge in [0.15, 0.2) is 0 Å². The molecule has 0 aliphatic heterocycles. The predicted molar refractivity (Wildman–Crippen MR) is 71.5 cm³/mol. The Morgan fingerprint density at radius 2 is 1.41 bits per heavy atom. The van der Waals surface area contributed by atoms with Crippen molar-refractivity contribution in [2.75, 3.05) is 0 Å². The zero-order valence-electron chi connectivity index (χ0n) is 12.4. The maximum Gasteiger partial charge on any atom is -0.0204 e. The van der Waals surface area contributed by atoms with Crippen molar-refractivity contribution in [2.45, 2.75) is 54.4 Å². The largest absolute Gasteiger partial charge is 0.0617 e. The van der Waals surface area contributed by atoms with Gasteiger partial charge in [0, 0.05) is 0 Å². The number of hydrogen-bond acceptors (Lipinski definition) is 0. The summed E-state index contributed by atoms with van der Waals surface area (Å²) in [6.07, 6.45) is 3.12. The molecule has 0 amide bonds. The van der Waals surface area contributed by atoms with Crippen LogP contribution in [0.2, 0.25) is 0 Å². The fraction of sp³-hybridized carbons (Fsp3) is 1.00. The van der Waals surface area contributed by atoms with Crippen molar-refractivity contribution in [2.24, 2.45) is 51.8 Å². The standard InChI is InChI=1S/C17H28/c1-9-13-7-17(10(13)2)8-14-11(3)15(9,5)16(14,6)12(17)4/h9-14H,7-8H2,1-6H3. The van der Waals surface area contributed by atoms with E-state index in [-0.39, 0.29) is 0 Å². The van der Waals surface area contributed by atoms with Gasteiger partial charge in [0.2, 0.25) is 0 Å². The molecule has 96 valence electrons. The molecule has 9 atom stereocenters. The highest BCUT2D eigenvalue weighted by molar-refractivity contribution is 5.29. The quantitative estimate of drug-likeness (QED) is 0.573. The van der Waals surface area contributed by atoms with Gasteiger partial charge in [0.1, 0.15) is 0 Å². The van der Waals surface area contributed by atoms with Crippen LogP contribution in [0.4, 0.5) is 0 Å². The third kappa shape index (κ3) is 0.699. The smallest absolute Gasteiger partial charge is 0.0204 e. The third-order valence-electron chi connectivity index (χ3n) is 9.60. The summed E-state index contributed by atoms with van der Waals surface area (Å²) in [5.74, 6) is 5.97. The van der Waals surface area contributed by atoms with Crippen LogP contribution in [0.3, 0.4) is 0 Å². The first-order valence-corrected chi connectivity index (χ1v) is 7.82. The van der Waals surface area contributed by atoms with Crippen molar-refractivity contribution in [1.29, 1.82) is 0 Å². The summed E-state index contributed by atoms with van der Waals surface area (Å²) in [5.41, 5.74) is 2.04. The second-order valence-corrected chi connectivity index (χ2v) is 8.56. The molecule has 0 saturated heterocycles. The van der Waals surface area contributed by atoms with Crippen molar-refractivity contribution < 1.29 is 0 Å². The van der Waals surface area contributed by atoms with Gasteiger partial charge in [0.25, 0.3) is 0 Å². The van der Waals surface area contributed by atoms with Crippen LogP contribution < -0.4 is 0 Å². The minimum Gasteiger partial charge on any atom is -0.0617 e. The lowest BCUT2D eigenvalue weighted by Crippen LogP contribution is -2.65. The average molecular weight is 232 g/mol. The normalized spacial score (nSPS) is 75.9. The van der Waals surface area contributed by atoms with Gasteiger partial charge in [-0.05, 0) is 64.6 Å². The van der Waals surface area contributed by atoms with Crippen LogP contribution >= 0.6 is 0 Å². The highest BCUT2D eigenvalue weighted by Crippen LogP contribution is 2.87. The molecule has 3 bridgehead atoms. The lowest BCUT2D eigenvalue weighted by molar-refractivity contribution is -0.224. The zero-order chi connectivity index (χ0) is 12.4. The molecule has 9 unspecified atom stereocenters. The Bertz CT molecular complexity index is 397. The van der Waals surface area contributed by atoms with E-state index in [0.29, 0.717) is 10.8 Å². The van der Waals surface area contributed by atoms with Crippen LogP contribution in [0.5, 0.6) is 0 Å². The molecule has 0 aromatic heterocycles. The molecular formula is C17H28. The Hall–Kier alpha value is 0. The molecule has 0 aromatic carbocycles. The highest BCUT2D eigenvalue weighted by Gasteiger charge is 2.82. The van der Waals surface area contributed by atoms with E-state index in [1.807, 2.05) is 0 Å². The van der Waals surface area contributed by atoms with Gasteiger partial charge in [-0.1, -0.05) is 41.5 Å². The van der Waals surface area contributed by atoms with E-state index in [4.69, 9.17) is 0 Å². The van der Waals surface area contributed by atoms with E-state index >= 15 is 0 Å². The summed E-state index contributed by atoms with van der Waals surface area (Å²) in [4.78, 5) is 0. The highest BCUT2D eigenvalue weighted by atomic mass is 14.9. The monoisotopic (exact) mass is 232 g/mol. The summed E-state index contributed by atoms with van der Waals surface area (Å²) >= 11 is 0. The predicted octanol–water partition coefficient (Wildman–Crippen LogP) is 4.60. The zero-order valence-corrected chi connectivity index (χ0v) is 12.4. The van der Waals surface area contributed by atoms with Gasteiger partial charge in [-0.25, -0.2) is 0 Å². The van der Waals surface area contributed by atoms with E-state index in [9.17, 15) is 0 Å². The van der Waals surface area contributed by atoms with Gasteiger partial charge in [-0.3, -0.25) is 0 Å². The molecule has 0 radical (unpaired) electrons.